The van der Waals surface area contributed by atoms with Gasteiger partial charge in [-0.15, -0.1) is 0 Å². The molecular formula is C18H33NO. The summed E-state index contributed by atoms with van der Waals surface area (Å²) in [7, 11) is 4.10. The fourth-order valence-corrected chi connectivity index (χ4v) is 3.04. The summed E-state index contributed by atoms with van der Waals surface area (Å²) < 4.78 is 0. The van der Waals surface area contributed by atoms with Gasteiger partial charge in [0.2, 0.25) is 0 Å². The Hall–Kier alpha value is -0.630. The van der Waals surface area contributed by atoms with Crippen LogP contribution in [-0.4, -0.2) is 31.3 Å². The molecule has 0 heterocycles. The molecule has 0 aromatic carbocycles. The zero-order valence-corrected chi connectivity index (χ0v) is 13.8. The van der Waals surface area contributed by atoms with Crippen molar-refractivity contribution < 1.29 is 4.79 Å². The van der Waals surface area contributed by atoms with Gasteiger partial charge in [0.1, 0.15) is 0 Å². The highest BCUT2D eigenvalue weighted by atomic mass is 16.1. The Morgan fingerprint density at radius 3 is 2.40 bits per heavy atom. The zero-order valence-electron chi connectivity index (χ0n) is 13.8. The van der Waals surface area contributed by atoms with Crippen molar-refractivity contribution in [3.8, 4) is 0 Å². The second kappa shape index (κ2) is 10.1. The van der Waals surface area contributed by atoms with Gasteiger partial charge in [-0.25, -0.2) is 0 Å². The second-order valence-corrected chi connectivity index (χ2v) is 6.50. The van der Waals surface area contributed by atoms with Crippen LogP contribution in [0.4, 0.5) is 0 Å². The Labute approximate surface area is 125 Å². The molecule has 0 aliphatic heterocycles. The standard InChI is InChI=1S/C18H33NO/c1-4-5-6-7-8-9-10-11-12-16-13-14-17(18(16)20)15-19(2)3/h12,17H,4-11,13-15H2,1-3H3. The van der Waals surface area contributed by atoms with Crippen LogP contribution in [0.1, 0.15) is 71.1 Å². The third-order valence-electron chi connectivity index (χ3n) is 4.23. The molecule has 2 heteroatoms. The van der Waals surface area contributed by atoms with E-state index in [2.05, 4.69) is 17.9 Å². The molecule has 0 bridgehead atoms. The molecule has 1 aliphatic carbocycles. The Morgan fingerprint density at radius 2 is 1.75 bits per heavy atom. The number of ketones is 1. The molecule has 1 fully saturated rings. The summed E-state index contributed by atoms with van der Waals surface area (Å²) >= 11 is 0. The molecule has 0 amide bonds. The van der Waals surface area contributed by atoms with E-state index in [0.717, 1.165) is 31.4 Å². The molecule has 0 radical (unpaired) electrons. The predicted octanol–water partition coefficient (Wildman–Crippen LogP) is 4.59. The van der Waals surface area contributed by atoms with Crippen LogP contribution in [0.2, 0.25) is 0 Å². The Balaban J connectivity index is 2.12. The minimum atomic E-state index is 0.255. The van der Waals surface area contributed by atoms with Gasteiger partial charge in [-0.1, -0.05) is 51.5 Å². The molecule has 20 heavy (non-hydrogen) atoms. The van der Waals surface area contributed by atoms with Crippen LogP contribution < -0.4 is 0 Å². The molecule has 1 atom stereocenters. The average molecular weight is 279 g/mol. The van der Waals surface area contributed by atoms with Crippen LogP contribution in [-0.2, 0) is 4.79 Å². The normalized spacial score (nSPS) is 21.3. The monoisotopic (exact) mass is 279 g/mol. The molecule has 2 nitrogen and oxygen atoms in total. The maximum atomic E-state index is 12.2. The van der Waals surface area contributed by atoms with Gasteiger partial charge in [-0.3, -0.25) is 4.79 Å². The maximum absolute atomic E-state index is 12.2. The first-order valence-corrected chi connectivity index (χ1v) is 8.53. The van der Waals surface area contributed by atoms with Crippen LogP contribution >= 0.6 is 0 Å². The van der Waals surface area contributed by atoms with Gasteiger partial charge in [0, 0.05) is 12.5 Å². The fourth-order valence-electron chi connectivity index (χ4n) is 3.04. The lowest BCUT2D eigenvalue weighted by molar-refractivity contribution is -0.118. The Bertz CT molecular complexity index is 307. The lowest BCUT2D eigenvalue weighted by Gasteiger charge is -2.13. The molecule has 0 N–H and O–H groups in total. The van der Waals surface area contributed by atoms with Crippen molar-refractivity contribution in [2.45, 2.75) is 71.1 Å². The first-order chi connectivity index (χ1) is 9.65. The summed E-state index contributed by atoms with van der Waals surface area (Å²) in [5, 5.41) is 0. The van der Waals surface area contributed by atoms with Gasteiger partial charge in [-0.2, -0.15) is 0 Å². The number of Topliss-reactive ketones (excluding diaryl/α,β-unsaturated/α-hetero) is 1. The van der Waals surface area contributed by atoms with Crippen LogP contribution in [0.5, 0.6) is 0 Å². The largest absolute Gasteiger partial charge is 0.309 e. The quantitative estimate of drug-likeness (QED) is 0.430. The van der Waals surface area contributed by atoms with Crippen LogP contribution in [0.3, 0.4) is 0 Å². The number of allylic oxidation sites excluding steroid dienone is 2. The van der Waals surface area contributed by atoms with Gasteiger partial charge >= 0.3 is 0 Å². The highest BCUT2D eigenvalue weighted by Gasteiger charge is 2.28. The van der Waals surface area contributed by atoms with Gasteiger partial charge in [0.25, 0.3) is 0 Å². The van der Waals surface area contributed by atoms with Crippen molar-refractivity contribution in [3.05, 3.63) is 11.6 Å². The molecule has 0 spiro atoms. The summed E-state index contributed by atoms with van der Waals surface area (Å²) in [6, 6.07) is 0. The van der Waals surface area contributed by atoms with Crippen molar-refractivity contribution in [3.63, 3.8) is 0 Å². The van der Waals surface area contributed by atoms with Gasteiger partial charge in [0.15, 0.2) is 5.78 Å². The topological polar surface area (TPSA) is 20.3 Å². The van der Waals surface area contributed by atoms with Crippen molar-refractivity contribution in [2.24, 2.45) is 5.92 Å². The van der Waals surface area contributed by atoms with Gasteiger partial charge in [0.05, 0.1) is 0 Å². The number of rotatable bonds is 10. The van der Waals surface area contributed by atoms with Crippen molar-refractivity contribution in [1.29, 1.82) is 0 Å². The maximum Gasteiger partial charge on any atom is 0.162 e. The first kappa shape index (κ1) is 17.4. The third kappa shape index (κ3) is 6.69. The van der Waals surface area contributed by atoms with E-state index >= 15 is 0 Å². The molecule has 116 valence electrons. The molecule has 1 rings (SSSR count). The molecule has 0 aromatic heterocycles. The van der Waals surface area contributed by atoms with Crippen molar-refractivity contribution >= 4 is 5.78 Å². The number of carbonyl (C=O) groups excluding carboxylic acids is 1. The SMILES string of the molecule is CCCCCCCCCC=C1CCC(CN(C)C)C1=O. The summed E-state index contributed by atoms with van der Waals surface area (Å²) in [6.45, 7) is 3.17. The summed E-state index contributed by atoms with van der Waals surface area (Å²) in [4.78, 5) is 14.3. The number of hydrogen-bond donors (Lipinski definition) is 0. The highest BCUT2D eigenvalue weighted by Crippen LogP contribution is 2.27. The highest BCUT2D eigenvalue weighted by molar-refractivity contribution is 5.99. The fraction of sp³-hybridized carbons (Fsp3) is 0.833. The first-order valence-electron chi connectivity index (χ1n) is 8.53. The minimum Gasteiger partial charge on any atom is -0.309 e. The van der Waals surface area contributed by atoms with Crippen molar-refractivity contribution in [2.75, 3.05) is 20.6 Å². The van der Waals surface area contributed by atoms with Gasteiger partial charge in [-0.05, 0) is 45.4 Å². The van der Waals surface area contributed by atoms with Crippen LogP contribution in [0.15, 0.2) is 11.6 Å². The average Bonchev–Trinajstić information content (AvgIpc) is 2.74. The number of nitrogens with zero attached hydrogens (tertiary/aromatic N) is 1. The Kier molecular flexibility index (Phi) is 8.84. The zero-order chi connectivity index (χ0) is 14.8. The van der Waals surface area contributed by atoms with E-state index in [1.54, 1.807) is 0 Å². The second-order valence-electron chi connectivity index (χ2n) is 6.50. The lowest BCUT2D eigenvalue weighted by atomic mass is 10.0. The van der Waals surface area contributed by atoms with E-state index in [1.807, 2.05) is 14.1 Å². The number of unbranched alkanes of at least 4 members (excludes halogenated alkanes) is 7. The van der Waals surface area contributed by atoms with E-state index in [9.17, 15) is 4.79 Å². The summed E-state index contributed by atoms with van der Waals surface area (Å²) in [6.07, 6.45) is 14.8. The predicted molar refractivity (Wildman–Crippen MR) is 87.0 cm³/mol. The third-order valence-corrected chi connectivity index (χ3v) is 4.23. The Morgan fingerprint density at radius 1 is 1.10 bits per heavy atom. The van der Waals surface area contributed by atoms with E-state index in [4.69, 9.17) is 0 Å². The van der Waals surface area contributed by atoms with Crippen LogP contribution in [0.25, 0.3) is 0 Å². The smallest absolute Gasteiger partial charge is 0.162 e. The molecule has 0 saturated heterocycles. The van der Waals surface area contributed by atoms with Crippen molar-refractivity contribution in [1.82, 2.24) is 4.90 Å². The number of hydrogen-bond acceptors (Lipinski definition) is 2. The molecule has 1 aliphatic rings. The minimum absolute atomic E-state index is 0.255. The molecule has 0 aromatic rings. The van der Waals surface area contributed by atoms with Crippen LogP contribution in [0, 0.1) is 5.92 Å². The van der Waals surface area contributed by atoms with E-state index < -0.39 is 0 Å². The van der Waals surface area contributed by atoms with E-state index in [-0.39, 0.29) is 5.92 Å². The molecule has 1 unspecified atom stereocenters. The molecular weight excluding hydrogens is 246 g/mol. The summed E-state index contributed by atoms with van der Waals surface area (Å²) in [5.74, 6) is 0.673. The summed E-state index contributed by atoms with van der Waals surface area (Å²) in [5.41, 5.74) is 1.11. The molecule has 1 saturated carbocycles. The number of carbonyl (C=O) groups is 1. The van der Waals surface area contributed by atoms with E-state index in [0.29, 0.717) is 5.78 Å². The van der Waals surface area contributed by atoms with E-state index in [1.165, 1.54) is 44.9 Å². The lowest BCUT2D eigenvalue weighted by Crippen LogP contribution is -2.24. The van der Waals surface area contributed by atoms with Gasteiger partial charge < -0.3 is 4.90 Å².